The van der Waals surface area contributed by atoms with Crippen LogP contribution in [0.5, 0.6) is 5.75 Å². The van der Waals surface area contributed by atoms with Crippen molar-refractivity contribution >= 4 is 5.97 Å². The van der Waals surface area contributed by atoms with Gasteiger partial charge in [-0.15, -0.1) is 0 Å². The van der Waals surface area contributed by atoms with Gasteiger partial charge in [0.15, 0.2) is 5.92 Å². The number of esters is 1. The molecule has 9 heteroatoms. The number of hydrogen-bond acceptors (Lipinski definition) is 5. The molecular formula is C16H14F4N2O3. The highest BCUT2D eigenvalue weighted by molar-refractivity contribution is 5.84. The highest BCUT2D eigenvalue weighted by Gasteiger charge is 2.47. The van der Waals surface area contributed by atoms with E-state index in [1.165, 1.54) is 6.92 Å². The molecule has 0 saturated carbocycles. The van der Waals surface area contributed by atoms with Crippen LogP contribution in [0.2, 0.25) is 0 Å². The molecule has 0 heterocycles. The summed E-state index contributed by atoms with van der Waals surface area (Å²) in [5, 5.41) is 18.3. The molecule has 1 rings (SSSR count). The number of halogens is 4. The van der Waals surface area contributed by atoms with E-state index in [2.05, 4.69) is 4.74 Å². The molecule has 25 heavy (non-hydrogen) atoms. The summed E-state index contributed by atoms with van der Waals surface area (Å²) in [6.07, 6.45) is -5.03. The number of methoxy groups -OCH3 is 1. The molecule has 1 aromatic rings. The highest BCUT2D eigenvalue weighted by Crippen LogP contribution is 2.42. The predicted molar refractivity (Wildman–Crippen MR) is 76.7 cm³/mol. The summed E-state index contributed by atoms with van der Waals surface area (Å²) < 4.78 is 62.5. The Morgan fingerprint density at radius 2 is 1.84 bits per heavy atom. The first kappa shape index (κ1) is 20.2. The molecule has 0 saturated heterocycles. The van der Waals surface area contributed by atoms with Crippen LogP contribution >= 0.6 is 0 Å². The maximum absolute atomic E-state index is 14.1. The van der Waals surface area contributed by atoms with Gasteiger partial charge in [-0.05, 0) is 31.5 Å². The quantitative estimate of drug-likeness (QED) is 0.595. The summed E-state index contributed by atoms with van der Waals surface area (Å²) >= 11 is 0. The van der Waals surface area contributed by atoms with Crippen molar-refractivity contribution in [3.05, 3.63) is 29.1 Å². The van der Waals surface area contributed by atoms with E-state index in [4.69, 9.17) is 15.3 Å². The fourth-order valence-corrected chi connectivity index (χ4v) is 2.29. The molecule has 0 spiro atoms. The topological polar surface area (TPSA) is 83.1 Å². The summed E-state index contributed by atoms with van der Waals surface area (Å²) in [6.45, 7) is 2.50. The molecule has 0 bridgehead atoms. The number of alkyl halides is 3. The number of nitrogens with zero attached hydrogens (tertiary/aromatic N) is 2. The van der Waals surface area contributed by atoms with Crippen molar-refractivity contribution in [2.45, 2.75) is 25.4 Å². The second-order valence-corrected chi connectivity index (χ2v) is 5.15. The molecule has 1 unspecified atom stereocenters. The van der Waals surface area contributed by atoms with E-state index in [1.807, 2.05) is 0 Å². The number of benzene rings is 1. The molecule has 0 aliphatic heterocycles. The lowest BCUT2D eigenvalue weighted by Gasteiger charge is -2.29. The van der Waals surface area contributed by atoms with Crippen LogP contribution in [0.4, 0.5) is 17.6 Å². The van der Waals surface area contributed by atoms with Crippen molar-refractivity contribution in [3.8, 4) is 17.9 Å². The fraction of sp³-hybridized carbons (Fsp3) is 0.438. The predicted octanol–water partition coefficient (Wildman–Crippen LogP) is 3.34. The molecule has 134 valence electrons. The summed E-state index contributed by atoms with van der Waals surface area (Å²) in [5.74, 6) is -5.21. The Hall–Kier alpha value is -2.81. The van der Waals surface area contributed by atoms with Crippen molar-refractivity contribution < 1.29 is 31.8 Å². The molecule has 0 radical (unpaired) electrons. The number of hydrogen-bond donors (Lipinski definition) is 0. The lowest BCUT2D eigenvalue weighted by atomic mass is 9.72. The zero-order valence-electron chi connectivity index (χ0n) is 13.6. The van der Waals surface area contributed by atoms with E-state index in [9.17, 15) is 22.4 Å². The minimum atomic E-state index is -5.03. The first-order valence-electron chi connectivity index (χ1n) is 6.99. The van der Waals surface area contributed by atoms with E-state index < -0.39 is 40.6 Å². The van der Waals surface area contributed by atoms with Gasteiger partial charge in [0.05, 0.1) is 25.9 Å². The van der Waals surface area contributed by atoms with Crippen molar-refractivity contribution in [1.82, 2.24) is 0 Å². The lowest BCUT2D eigenvalue weighted by molar-refractivity contribution is -0.150. The van der Waals surface area contributed by atoms with Crippen molar-refractivity contribution in [1.29, 1.82) is 10.5 Å². The number of rotatable bonds is 5. The summed E-state index contributed by atoms with van der Waals surface area (Å²) in [5.41, 5.74) is -3.98. The Balaban J connectivity index is 3.74. The van der Waals surface area contributed by atoms with Gasteiger partial charge < -0.3 is 9.47 Å². The van der Waals surface area contributed by atoms with Gasteiger partial charge in [0.1, 0.15) is 22.5 Å². The Morgan fingerprint density at radius 1 is 1.28 bits per heavy atom. The molecule has 5 nitrogen and oxygen atoms in total. The van der Waals surface area contributed by atoms with Gasteiger partial charge in [0, 0.05) is 0 Å². The first-order valence-corrected chi connectivity index (χ1v) is 6.99. The van der Waals surface area contributed by atoms with Crippen LogP contribution in [0.3, 0.4) is 0 Å². The number of nitriles is 2. The second kappa shape index (κ2) is 7.39. The minimum absolute atomic E-state index is 0.0990. The SMILES string of the molecule is CCOC(=O)C(C)(c1cc(F)c(C(F)(F)F)c(OC)c1)C(C#N)C#N. The molecule has 0 amide bonds. The average molecular weight is 358 g/mol. The average Bonchev–Trinajstić information content (AvgIpc) is 2.53. The maximum atomic E-state index is 14.1. The van der Waals surface area contributed by atoms with Crippen LogP contribution < -0.4 is 4.74 Å². The summed E-state index contributed by atoms with van der Waals surface area (Å²) in [4.78, 5) is 12.3. The van der Waals surface area contributed by atoms with Crippen molar-refractivity contribution in [3.63, 3.8) is 0 Å². The van der Waals surface area contributed by atoms with Crippen LogP contribution in [-0.4, -0.2) is 19.7 Å². The number of carbonyl (C=O) groups excluding carboxylic acids is 1. The molecule has 0 aliphatic carbocycles. The molecule has 0 aliphatic rings. The number of ether oxygens (including phenoxy) is 2. The van der Waals surface area contributed by atoms with E-state index in [0.29, 0.717) is 6.07 Å². The molecule has 1 atom stereocenters. The highest BCUT2D eigenvalue weighted by atomic mass is 19.4. The third-order valence-electron chi connectivity index (χ3n) is 3.69. The number of carbonyl (C=O) groups is 1. The third kappa shape index (κ3) is 3.66. The van der Waals surface area contributed by atoms with Crippen molar-refractivity contribution in [2.75, 3.05) is 13.7 Å². The van der Waals surface area contributed by atoms with Gasteiger partial charge in [-0.3, -0.25) is 4.79 Å². The molecular weight excluding hydrogens is 344 g/mol. The van der Waals surface area contributed by atoms with E-state index >= 15 is 0 Å². The van der Waals surface area contributed by atoms with E-state index in [0.717, 1.165) is 20.1 Å². The monoisotopic (exact) mass is 358 g/mol. The van der Waals surface area contributed by atoms with Gasteiger partial charge in [-0.2, -0.15) is 23.7 Å². The van der Waals surface area contributed by atoms with Crippen LogP contribution in [0.1, 0.15) is 25.0 Å². The minimum Gasteiger partial charge on any atom is -0.496 e. The second-order valence-electron chi connectivity index (χ2n) is 5.15. The molecule has 1 aromatic carbocycles. The normalized spacial score (nSPS) is 13.5. The molecule has 0 N–H and O–H groups in total. The maximum Gasteiger partial charge on any atom is 0.422 e. The van der Waals surface area contributed by atoms with E-state index in [-0.39, 0.29) is 12.2 Å². The van der Waals surface area contributed by atoms with Gasteiger partial charge >= 0.3 is 12.1 Å². The zero-order valence-corrected chi connectivity index (χ0v) is 13.6. The van der Waals surface area contributed by atoms with Gasteiger partial charge in [0.25, 0.3) is 0 Å². The van der Waals surface area contributed by atoms with Gasteiger partial charge in [-0.1, -0.05) is 0 Å². The Labute approximate surface area is 141 Å². The van der Waals surface area contributed by atoms with Crippen LogP contribution in [0, 0.1) is 34.4 Å². The van der Waals surface area contributed by atoms with Crippen molar-refractivity contribution in [2.24, 2.45) is 5.92 Å². The zero-order chi connectivity index (χ0) is 19.4. The third-order valence-corrected chi connectivity index (χ3v) is 3.69. The lowest BCUT2D eigenvalue weighted by Crippen LogP contribution is -2.41. The van der Waals surface area contributed by atoms with Crippen LogP contribution in [0.25, 0.3) is 0 Å². The summed E-state index contributed by atoms with van der Waals surface area (Å²) in [6, 6.07) is 4.41. The largest absolute Gasteiger partial charge is 0.496 e. The van der Waals surface area contributed by atoms with Crippen LogP contribution in [-0.2, 0) is 21.1 Å². The van der Waals surface area contributed by atoms with E-state index in [1.54, 1.807) is 12.1 Å². The molecule has 0 aromatic heterocycles. The molecule has 0 fully saturated rings. The Morgan fingerprint density at radius 3 is 2.24 bits per heavy atom. The van der Waals surface area contributed by atoms with Gasteiger partial charge in [-0.25, -0.2) is 4.39 Å². The fourth-order valence-electron chi connectivity index (χ4n) is 2.29. The smallest absolute Gasteiger partial charge is 0.422 e. The first-order chi connectivity index (χ1) is 11.6. The van der Waals surface area contributed by atoms with Crippen LogP contribution in [0.15, 0.2) is 12.1 Å². The van der Waals surface area contributed by atoms with Gasteiger partial charge in [0.2, 0.25) is 0 Å². The summed E-state index contributed by atoms with van der Waals surface area (Å²) in [7, 11) is 0.904. The Bertz CT molecular complexity index is 735. The Kier molecular flexibility index (Phi) is 5.98. The standard InChI is InChI=1S/C16H14F4N2O3/c1-4-25-14(23)15(2,10(7-21)8-22)9-5-11(17)13(16(18,19)20)12(6-9)24-3/h5-6,10H,4H2,1-3H3.